The highest BCUT2D eigenvalue weighted by molar-refractivity contribution is 5.70. The topological polar surface area (TPSA) is 92.9 Å². The molecule has 0 spiro atoms. The Morgan fingerprint density at radius 2 is 1.84 bits per heavy atom. The largest absolute Gasteiger partial charge is 0.393 e. The molecule has 134 valence electrons. The first-order chi connectivity index (χ1) is 12.1. The van der Waals surface area contributed by atoms with E-state index in [4.69, 9.17) is 4.98 Å². The Morgan fingerprint density at radius 3 is 2.40 bits per heavy atom. The van der Waals surface area contributed by atoms with Gasteiger partial charge in [-0.25, -0.2) is 9.78 Å². The predicted molar refractivity (Wildman–Crippen MR) is 92.5 cm³/mol. The van der Waals surface area contributed by atoms with E-state index in [0.717, 1.165) is 25.1 Å². The molecule has 2 heterocycles. The van der Waals surface area contributed by atoms with Crippen LogP contribution in [0.25, 0.3) is 11.2 Å². The van der Waals surface area contributed by atoms with E-state index in [0.29, 0.717) is 42.0 Å². The van der Waals surface area contributed by atoms with Crippen LogP contribution in [0.3, 0.4) is 0 Å². The number of hydrogen-bond donors (Lipinski definition) is 2. The Morgan fingerprint density at radius 1 is 1.12 bits per heavy atom. The monoisotopic (exact) mass is 344 g/mol. The molecular weight excluding hydrogens is 320 g/mol. The van der Waals surface area contributed by atoms with Crippen LogP contribution < -0.4 is 11.2 Å². The summed E-state index contributed by atoms with van der Waals surface area (Å²) < 4.78 is 2.95. The van der Waals surface area contributed by atoms with Gasteiger partial charge in [-0.15, -0.1) is 0 Å². The zero-order valence-electron chi connectivity index (χ0n) is 14.6. The van der Waals surface area contributed by atoms with Gasteiger partial charge in [0.15, 0.2) is 5.65 Å². The zero-order valence-corrected chi connectivity index (χ0v) is 14.6. The van der Waals surface area contributed by atoms with Gasteiger partial charge in [-0.05, 0) is 42.9 Å². The SMILES string of the molecule is CCCn1c(=O)c2[nH]c(C3C4C5C(O)[C@H]3C[C@@H]54)nc2n(CCC)c1=O. The number of aromatic nitrogens is 4. The van der Waals surface area contributed by atoms with E-state index < -0.39 is 0 Å². The average molecular weight is 344 g/mol. The molecule has 4 bridgehead atoms. The normalized spacial score (nSPS) is 35.0. The molecule has 4 fully saturated rings. The lowest BCUT2D eigenvalue weighted by Gasteiger charge is -2.14. The second-order valence-electron chi connectivity index (χ2n) is 7.95. The maximum Gasteiger partial charge on any atom is 0.332 e. The highest BCUT2D eigenvalue weighted by atomic mass is 16.3. The molecule has 6 atom stereocenters. The minimum Gasteiger partial charge on any atom is -0.393 e. The lowest BCUT2D eigenvalue weighted by molar-refractivity contribution is 0.130. The van der Waals surface area contributed by atoms with Crippen LogP contribution >= 0.6 is 0 Å². The molecule has 4 aliphatic carbocycles. The molecular formula is C18H24N4O3. The number of aliphatic hydroxyl groups is 1. The van der Waals surface area contributed by atoms with Crippen LogP contribution in [0.2, 0.25) is 0 Å². The lowest BCUT2D eigenvalue weighted by atomic mass is 9.96. The smallest absolute Gasteiger partial charge is 0.332 e. The van der Waals surface area contributed by atoms with Gasteiger partial charge in [-0.2, -0.15) is 0 Å². The number of H-pyrrole nitrogens is 1. The van der Waals surface area contributed by atoms with Crippen molar-refractivity contribution in [2.45, 2.75) is 58.2 Å². The van der Waals surface area contributed by atoms with E-state index in [-0.39, 0.29) is 29.2 Å². The van der Waals surface area contributed by atoms with Crippen LogP contribution in [-0.2, 0) is 13.1 Å². The van der Waals surface area contributed by atoms with Gasteiger partial charge in [0, 0.05) is 19.0 Å². The van der Waals surface area contributed by atoms with Crippen LogP contribution in [0.5, 0.6) is 0 Å². The summed E-state index contributed by atoms with van der Waals surface area (Å²) in [6, 6.07) is 0. The van der Waals surface area contributed by atoms with E-state index in [2.05, 4.69) is 4.98 Å². The van der Waals surface area contributed by atoms with Crippen LogP contribution in [0, 0.1) is 23.7 Å². The minimum absolute atomic E-state index is 0.210. The fourth-order valence-corrected chi connectivity index (χ4v) is 5.69. The Hall–Kier alpha value is -1.89. The van der Waals surface area contributed by atoms with Crippen molar-refractivity contribution in [3.05, 3.63) is 26.7 Å². The second-order valence-corrected chi connectivity index (χ2v) is 7.95. The summed E-state index contributed by atoms with van der Waals surface area (Å²) in [7, 11) is 0. The number of nitrogens with zero attached hydrogens (tertiary/aromatic N) is 3. The summed E-state index contributed by atoms with van der Waals surface area (Å²) in [5.41, 5.74) is 0.382. The van der Waals surface area contributed by atoms with Gasteiger partial charge in [0.05, 0.1) is 6.10 Å². The molecule has 2 aromatic heterocycles. The average Bonchev–Trinajstić information content (AvgIpc) is 2.97. The number of fused-ring (bicyclic) bond motifs is 1. The molecule has 0 aliphatic heterocycles. The molecule has 0 saturated heterocycles. The van der Waals surface area contributed by atoms with Crippen molar-refractivity contribution in [3.8, 4) is 0 Å². The van der Waals surface area contributed by atoms with Gasteiger partial charge in [0.1, 0.15) is 11.3 Å². The summed E-state index contributed by atoms with van der Waals surface area (Å²) in [6.45, 7) is 4.94. The first-order valence-electron chi connectivity index (χ1n) is 9.49. The highest BCUT2D eigenvalue weighted by Crippen LogP contribution is 2.75. The molecule has 4 saturated carbocycles. The summed E-state index contributed by atoms with van der Waals surface area (Å²) in [6.07, 6.45) is 2.39. The van der Waals surface area contributed by atoms with Crippen molar-refractivity contribution in [1.29, 1.82) is 0 Å². The van der Waals surface area contributed by atoms with Crippen molar-refractivity contribution in [2.75, 3.05) is 0 Å². The van der Waals surface area contributed by atoms with Gasteiger partial charge in [-0.1, -0.05) is 13.8 Å². The van der Waals surface area contributed by atoms with E-state index in [1.165, 1.54) is 4.57 Å². The number of hydrogen-bond acceptors (Lipinski definition) is 4. The van der Waals surface area contributed by atoms with Crippen LogP contribution in [0.4, 0.5) is 0 Å². The number of aromatic amines is 1. The second kappa shape index (κ2) is 5.06. The predicted octanol–water partition coefficient (Wildman–Crippen LogP) is 1.05. The molecule has 25 heavy (non-hydrogen) atoms. The quantitative estimate of drug-likeness (QED) is 0.848. The lowest BCUT2D eigenvalue weighted by Crippen LogP contribution is -2.40. The third kappa shape index (κ3) is 1.82. The Balaban J connectivity index is 1.69. The van der Waals surface area contributed by atoms with Crippen LogP contribution in [-0.4, -0.2) is 30.3 Å². The fourth-order valence-electron chi connectivity index (χ4n) is 5.69. The summed E-state index contributed by atoms with van der Waals surface area (Å²) in [5, 5.41) is 10.3. The van der Waals surface area contributed by atoms with Crippen molar-refractivity contribution in [1.82, 2.24) is 19.1 Å². The number of aryl methyl sites for hydroxylation is 1. The highest BCUT2D eigenvalue weighted by Gasteiger charge is 2.74. The van der Waals surface area contributed by atoms with Crippen molar-refractivity contribution >= 4 is 11.2 Å². The molecule has 0 aromatic carbocycles. The first-order valence-corrected chi connectivity index (χ1v) is 9.49. The number of rotatable bonds is 5. The molecule has 2 aromatic rings. The number of imidazole rings is 1. The van der Waals surface area contributed by atoms with Crippen molar-refractivity contribution in [3.63, 3.8) is 0 Å². The Bertz CT molecular complexity index is 971. The zero-order chi connectivity index (χ0) is 17.5. The van der Waals surface area contributed by atoms with Crippen molar-refractivity contribution in [2.24, 2.45) is 23.7 Å². The van der Waals surface area contributed by atoms with Crippen LogP contribution in [0.15, 0.2) is 9.59 Å². The van der Waals surface area contributed by atoms with Crippen molar-refractivity contribution < 1.29 is 5.11 Å². The van der Waals surface area contributed by atoms with Gasteiger partial charge >= 0.3 is 5.69 Å². The third-order valence-electron chi connectivity index (χ3n) is 6.64. The summed E-state index contributed by atoms with van der Waals surface area (Å²) in [5.74, 6) is 2.82. The molecule has 2 N–H and O–H groups in total. The molecule has 4 unspecified atom stereocenters. The number of nitrogens with one attached hydrogen (secondary N) is 1. The molecule has 6 rings (SSSR count). The minimum atomic E-state index is -0.272. The van der Waals surface area contributed by atoms with Gasteiger partial charge in [0.25, 0.3) is 5.56 Å². The molecule has 7 nitrogen and oxygen atoms in total. The third-order valence-corrected chi connectivity index (χ3v) is 6.64. The van der Waals surface area contributed by atoms with Gasteiger partial charge in [-0.3, -0.25) is 13.9 Å². The standard InChI is InChI=1S/C18H24N4O3/c1-3-5-21-16-13(17(24)22(6-4-2)18(21)25)19-15(20-16)12-9-7-8-10(12)11(8)14(9)23/h8-12,14,23H,3-7H2,1-2H3,(H,19,20)/t8-,9+,10?,11?,12?,14?/m1/s1. The molecule has 4 aliphatic rings. The summed E-state index contributed by atoms with van der Waals surface area (Å²) in [4.78, 5) is 33.5. The van der Waals surface area contributed by atoms with Gasteiger partial charge in [0.2, 0.25) is 0 Å². The van der Waals surface area contributed by atoms with E-state index in [9.17, 15) is 14.7 Å². The van der Waals surface area contributed by atoms with E-state index in [1.54, 1.807) is 4.57 Å². The Labute approximate surface area is 144 Å². The maximum atomic E-state index is 12.8. The van der Waals surface area contributed by atoms with E-state index in [1.807, 2.05) is 13.8 Å². The van der Waals surface area contributed by atoms with Crippen LogP contribution in [0.1, 0.15) is 44.9 Å². The van der Waals surface area contributed by atoms with Gasteiger partial charge < -0.3 is 10.1 Å². The number of aliphatic hydroxyl groups excluding tert-OH is 1. The molecule has 7 heteroatoms. The maximum absolute atomic E-state index is 12.8. The fraction of sp³-hybridized carbons (Fsp3) is 0.722. The first kappa shape index (κ1) is 15.4. The Kier molecular flexibility index (Phi) is 3.11. The van der Waals surface area contributed by atoms with E-state index >= 15 is 0 Å². The molecule has 0 radical (unpaired) electrons. The summed E-state index contributed by atoms with van der Waals surface area (Å²) >= 11 is 0. The molecule has 0 amide bonds.